The lowest BCUT2D eigenvalue weighted by Crippen LogP contribution is -2.39. The molecular weight excluding hydrogens is 312 g/mol. The fraction of sp³-hybridized carbons (Fsp3) is 0.214. The molecule has 0 saturated heterocycles. The van der Waals surface area contributed by atoms with Crippen molar-refractivity contribution in [2.24, 2.45) is 5.92 Å². The maximum atomic E-state index is 12.3. The zero-order valence-corrected chi connectivity index (χ0v) is 12.3. The van der Waals surface area contributed by atoms with Gasteiger partial charge in [0.1, 0.15) is 10.7 Å². The van der Waals surface area contributed by atoms with E-state index < -0.39 is 38.3 Å². The SMILES string of the molecule is COC1(O)C=C(O)C(C(=O)c2ccccc2)C=C1S(=O)(=O)O. The third-order valence-corrected chi connectivity index (χ3v) is 4.25. The number of carbonyl (C=O) groups excluding carboxylic acids is 1. The van der Waals surface area contributed by atoms with Crippen molar-refractivity contribution >= 4 is 15.9 Å². The predicted molar refractivity (Wildman–Crippen MR) is 76.6 cm³/mol. The van der Waals surface area contributed by atoms with Crippen molar-refractivity contribution in [1.29, 1.82) is 0 Å². The molecule has 0 saturated carbocycles. The van der Waals surface area contributed by atoms with Crippen molar-refractivity contribution in [2.45, 2.75) is 5.79 Å². The first-order valence-electron chi connectivity index (χ1n) is 6.17. The summed E-state index contributed by atoms with van der Waals surface area (Å²) < 4.78 is 36.6. The highest BCUT2D eigenvalue weighted by Gasteiger charge is 2.44. The zero-order chi connectivity index (χ0) is 16.5. The molecule has 0 heterocycles. The molecule has 22 heavy (non-hydrogen) atoms. The minimum absolute atomic E-state index is 0.237. The van der Waals surface area contributed by atoms with Crippen LogP contribution in [0.4, 0.5) is 0 Å². The predicted octanol–water partition coefficient (Wildman–Crippen LogP) is 1.05. The molecule has 2 atom stereocenters. The van der Waals surface area contributed by atoms with Crippen LogP contribution in [0.3, 0.4) is 0 Å². The summed E-state index contributed by atoms with van der Waals surface area (Å²) >= 11 is 0. The average molecular weight is 326 g/mol. The lowest BCUT2D eigenvalue weighted by Gasteiger charge is -2.29. The first kappa shape index (κ1) is 16.4. The van der Waals surface area contributed by atoms with Gasteiger partial charge in [0.25, 0.3) is 10.1 Å². The highest BCUT2D eigenvalue weighted by molar-refractivity contribution is 7.89. The fourth-order valence-corrected chi connectivity index (χ4v) is 2.96. The molecule has 0 bridgehead atoms. The van der Waals surface area contributed by atoms with Crippen molar-refractivity contribution in [1.82, 2.24) is 0 Å². The van der Waals surface area contributed by atoms with Crippen molar-refractivity contribution in [3.05, 3.63) is 58.7 Å². The minimum Gasteiger partial charge on any atom is -0.511 e. The first-order valence-corrected chi connectivity index (χ1v) is 7.61. The lowest BCUT2D eigenvalue weighted by molar-refractivity contribution is -0.114. The highest BCUT2D eigenvalue weighted by atomic mass is 32.2. The first-order chi connectivity index (χ1) is 10.2. The molecule has 0 fully saturated rings. The molecule has 0 spiro atoms. The van der Waals surface area contributed by atoms with Crippen LogP contribution in [0, 0.1) is 5.92 Å². The van der Waals surface area contributed by atoms with E-state index in [1.807, 2.05) is 0 Å². The Bertz CT molecular complexity index is 749. The van der Waals surface area contributed by atoms with Gasteiger partial charge in [-0.05, 0) is 6.08 Å². The van der Waals surface area contributed by atoms with E-state index in [0.717, 1.165) is 13.2 Å². The van der Waals surface area contributed by atoms with Gasteiger partial charge in [-0.15, -0.1) is 0 Å². The molecule has 1 aromatic rings. The van der Waals surface area contributed by atoms with E-state index in [-0.39, 0.29) is 5.56 Å². The lowest BCUT2D eigenvalue weighted by atomic mass is 9.90. The van der Waals surface area contributed by atoms with Crippen molar-refractivity contribution in [3.8, 4) is 0 Å². The van der Waals surface area contributed by atoms with Crippen molar-refractivity contribution in [3.63, 3.8) is 0 Å². The van der Waals surface area contributed by atoms with Crippen LogP contribution in [-0.2, 0) is 14.9 Å². The Balaban J connectivity index is 2.52. The smallest absolute Gasteiger partial charge is 0.296 e. The van der Waals surface area contributed by atoms with Gasteiger partial charge in [-0.1, -0.05) is 30.3 Å². The number of hydrogen-bond acceptors (Lipinski definition) is 6. The van der Waals surface area contributed by atoms with Gasteiger partial charge in [0.05, 0.1) is 5.92 Å². The number of hydrogen-bond donors (Lipinski definition) is 3. The van der Waals surface area contributed by atoms with E-state index in [9.17, 15) is 28.0 Å². The van der Waals surface area contributed by atoms with Gasteiger partial charge in [-0.3, -0.25) is 9.35 Å². The van der Waals surface area contributed by atoms with Crippen LogP contribution in [0.5, 0.6) is 0 Å². The number of aliphatic hydroxyl groups excluding tert-OH is 1. The average Bonchev–Trinajstić information content (AvgIpc) is 2.46. The van der Waals surface area contributed by atoms with Gasteiger partial charge in [0.2, 0.25) is 5.79 Å². The van der Waals surface area contributed by atoms with Gasteiger partial charge in [0, 0.05) is 18.7 Å². The molecule has 7 nitrogen and oxygen atoms in total. The Morgan fingerprint density at radius 3 is 2.36 bits per heavy atom. The molecule has 1 aromatic carbocycles. The van der Waals surface area contributed by atoms with Crippen LogP contribution in [-0.4, -0.2) is 41.9 Å². The van der Waals surface area contributed by atoms with E-state index in [0.29, 0.717) is 6.08 Å². The Morgan fingerprint density at radius 1 is 1.27 bits per heavy atom. The number of Topliss-reactive ketones (excluding diaryl/α,β-unsaturated/α-hetero) is 1. The molecule has 1 aliphatic rings. The van der Waals surface area contributed by atoms with E-state index >= 15 is 0 Å². The second kappa shape index (κ2) is 5.65. The van der Waals surface area contributed by atoms with Crippen LogP contribution in [0.1, 0.15) is 10.4 Å². The standard InChI is InChI=1S/C14H14O7S/c1-21-14(17)8-11(15)10(7-12(14)22(18,19)20)13(16)9-5-3-2-4-6-9/h2-8,10,15,17H,1H3,(H,18,19,20). The van der Waals surface area contributed by atoms with Crippen molar-refractivity contribution in [2.75, 3.05) is 7.11 Å². The molecular formula is C14H14O7S. The third-order valence-electron chi connectivity index (χ3n) is 3.26. The van der Waals surface area contributed by atoms with E-state index in [2.05, 4.69) is 4.74 Å². The van der Waals surface area contributed by atoms with E-state index in [4.69, 9.17) is 0 Å². The summed E-state index contributed by atoms with van der Waals surface area (Å²) in [4.78, 5) is 11.4. The largest absolute Gasteiger partial charge is 0.511 e. The number of ketones is 1. The molecule has 2 rings (SSSR count). The Kier molecular flexibility index (Phi) is 4.21. The van der Waals surface area contributed by atoms with Gasteiger partial charge in [-0.25, -0.2) is 0 Å². The maximum absolute atomic E-state index is 12.3. The van der Waals surface area contributed by atoms with Crippen LogP contribution < -0.4 is 0 Å². The summed E-state index contributed by atoms with van der Waals surface area (Å²) in [6.07, 6.45) is 1.44. The molecule has 118 valence electrons. The van der Waals surface area contributed by atoms with E-state index in [1.54, 1.807) is 18.2 Å². The molecule has 2 unspecified atom stereocenters. The Hall–Kier alpha value is -2.00. The summed E-state index contributed by atoms with van der Waals surface area (Å²) in [5.41, 5.74) is 0.237. The quantitative estimate of drug-likeness (QED) is 0.429. The summed E-state index contributed by atoms with van der Waals surface area (Å²) in [5.74, 6) is -5.06. The number of methoxy groups -OCH3 is 1. The van der Waals surface area contributed by atoms with Crippen LogP contribution >= 0.6 is 0 Å². The molecule has 0 aromatic heterocycles. The third kappa shape index (κ3) is 2.95. The van der Waals surface area contributed by atoms with Gasteiger partial charge in [-0.2, -0.15) is 8.42 Å². The minimum atomic E-state index is -4.84. The second-order valence-electron chi connectivity index (χ2n) is 4.68. The van der Waals surface area contributed by atoms with Crippen molar-refractivity contribution < 1.29 is 32.7 Å². The number of carbonyl (C=O) groups is 1. The molecule has 1 aliphatic carbocycles. The maximum Gasteiger partial charge on any atom is 0.296 e. The van der Waals surface area contributed by atoms with E-state index in [1.165, 1.54) is 12.1 Å². The topological polar surface area (TPSA) is 121 Å². The summed E-state index contributed by atoms with van der Waals surface area (Å²) in [5, 5.41) is 20.0. The molecule has 0 radical (unpaired) electrons. The highest BCUT2D eigenvalue weighted by Crippen LogP contribution is 2.34. The molecule has 8 heteroatoms. The van der Waals surface area contributed by atoms with Crippen LogP contribution in [0.2, 0.25) is 0 Å². The normalized spacial score (nSPS) is 25.3. The van der Waals surface area contributed by atoms with Gasteiger partial charge < -0.3 is 14.9 Å². The Labute approximate surface area is 126 Å². The van der Waals surface area contributed by atoms with Gasteiger partial charge in [0.15, 0.2) is 5.78 Å². The summed E-state index contributed by atoms with van der Waals surface area (Å²) in [6.45, 7) is 0. The number of allylic oxidation sites excluding steroid dienone is 1. The molecule has 0 amide bonds. The number of aliphatic hydroxyl groups is 2. The number of benzene rings is 1. The molecule has 0 aliphatic heterocycles. The monoisotopic (exact) mass is 326 g/mol. The van der Waals surface area contributed by atoms with Crippen LogP contribution in [0.15, 0.2) is 53.1 Å². The fourth-order valence-electron chi connectivity index (χ4n) is 2.14. The summed E-state index contributed by atoms with van der Waals surface area (Å²) in [7, 11) is -3.85. The zero-order valence-electron chi connectivity index (χ0n) is 11.5. The van der Waals surface area contributed by atoms with Gasteiger partial charge >= 0.3 is 0 Å². The number of rotatable bonds is 4. The summed E-state index contributed by atoms with van der Waals surface area (Å²) in [6, 6.07) is 7.89. The molecule has 3 N–H and O–H groups in total. The number of ether oxygens (including phenoxy) is 1. The Morgan fingerprint density at radius 2 is 1.86 bits per heavy atom. The van der Waals surface area contributed by atoms with Crippen LogP contribution in [0.25, 0.3) is 0 Å². The second-order valence-corrected chi connectivity index (χ2v) is 6.07.